The molecule has 2 aliphatic heterocycles. The third-order valence-corrected chi connectivity index (χ3v) is 1.96. The number of ether oxygens (including phenoxy) is 5. The summed E-state index contributed by atoms with van der Waals surface area (Å²) in [5.74, 6) is 0. The second-order valence-corrected chi connectivity index (χ2v) is 3.07. The quantitative estimate of drug-likeness (QED) is 0.632. The Hall–Kier alpha value is -1.50. The predicted octanol–water partition coefficient (Wildman–Crippen LogP) is 0.421. The molecule has 0 saturated carbocycles. The zero-order chi connectivity index (χ0) is 10.7. The van der Waals surface area contributed by atoms with Crippen LogP contribution in [-0.2, 0) is 23.7 Å². The third-order valence-electron chi connectivity index (χ3n) is 1.96. The van der Waals surface area contributed by atoms with Crippen molar-refractivity contribution in [3.63, 3.8) is 0 Å². The molecule has 2 fully saturated rings. The molecule has 0 amide bonds. The van der Waals surface area contributed by atoms with E-state index < -0.39 is 18.6 Å². The highest BCUT2D eigenvalue weighted by molar-refractivity contribution is 5.62. The first kappa shape index (κ1) is 10.0. The lowest BCUT2D eigenvalue weighted by Crippen LogP contribution is -2.19. The van der Waals surface area contributed by atoms with Crippen LogP contribution >= 0.6 is 0 Å². The molecule has 0 aliphatic carbocycles. The first-order valence-corrected chi connectivity index (χ1v) is 4.52. The van der Waals surface area contributed by atoms with E-state index in [9.17, 15) is 9.59 Å². The monoisotopic (exact) mass is 218 g/mol. The second kappa shape index (κ2) is 4.35. The summed E-state index contributed by atoms with van der Waals surface area (Å²) in [6, 6.07) is 0. The van der Waals surface area contributed by atoms with E-state index in [1.807, 2.05) is 0 Å². The van der Waals surface area contributed by atoms with Crippen LogP contribution in [0.2, 0.25) is 0 Å². The molecular formula is C8H10O7. The maximum atomic E-state index is 10.5. The van der Waals surface area contributed by atoms with Crippen LogP contribution in [0, 0.1) is 0 Å². The van der Waals surface area contributed by atoms with Gasteiger partial charge in [-0.25, -0.2) is 9.59 Å². The Morgan fingerprint density at radius 2 is 1.87 bits per heavy atom. The van der Waals surface area contributed by atoms with E-state index in [4.69, 9.17) is 9.47 Å². The van der Waals surface area contributed by atoms with Crippen LogP contribution in [0.1, 0.15) is 6.42 Å². The van der Waals surface area contributed by atoms with E-state index in [1.165, 1.54) is 0 Å². The summed E-state index contributed by atoms with van der Waals surface area (Å²) in [7, 11) is 0. The topological polar surface area (TPSA) is 80.3 Å². The maximum absolute atomic E-state index is 10.5. The Bertz CT molecular complexity index is 238. The molecule has 0 radical (unpaired) electrons. The number of hydrogen-bond donors (Lipinski definition) is 0. The van der Waals surface area contributed by atoms with Gasteiger partial charge in [0.1, 0.15) is 12.7 Å². The van der Waals surface area contributed by atoms with Crippen LogP contribution in [0.25, 0.3) is 0 Å². The summed E-state index contributed by atoms with van der Waals surface area (Å²) < 4.78 is 23.6. The summed E-state index contributed by atoms with van der Waals surface area (Å²) in [4.78, 5) is 21.0. The number of cyclic esters (lactones) is 4. The minimum absolute atomic E-state index is 0.0970. The highest BCUT2D eigenvalue weighted by Gasteiger charge is 2.28. The minimum Gasteiger partial charge on any atom is -0.430 e. The van der Waals surface area contributed by atoms with E-state index in [0.29, 0.717) is 13.0 Å². The van der Waals surface area contributed by atoms with Gasteiger partial charge in [0.05, 0.1) is 6.61 Å². The molecule has 7 heteroatoms. The fourth-order valence-corrected chi connectivity index (χ4v) is 1.23. The van der Waals surface area contributed by atoms with Crippen molar-refractivity contribution >= 4 is 12.3 Å². The van der Waals surface area contributed by atoms with E-state index in [-0.39, 0.29) is 19.3 Å². The van der Waals surface area contributed by atoms with Gasteiger partial charge in [-0.3, -0.25) is 0 Å². The standard InChI is InChI=1S/C8H10O7/c9-7-12-3-5(14-7)1-2-11-6-4-13-8(10)15-6/h5-6H,1-4H2. The SMILES string of the molecule is O=C1OCC(CCOC2COC(=O)O2)O1. The van der Waals surface area contributed by atoms with Gasteiger partial charge in [-0.2, -0.15) is 0 Å². The largest absolute Gasteiger partial charge is 0.510 e. The van der Waals surface area contributed by atoms with Crippen molar-refractivity contribution in [2.24, 2.45) is 0 Å². The predicted molar refractivity (Wildman–Crippen MR) is 43.0 cm³/mol. The zero-order valence-corrected chi connectivity index (χ0v) is 7.84. The molecule has 0 aromatic carbocycles. The summed E-state index contributed by atoms with van der Waals surface area (Å²) in [6.07, 6.45) is -1.82. The Morgan fingerprint density at radius 1 is 1.13 bits per heavy atom. The lowest BCUT2D eigenvalue weighted by molar-refractivity contribution is -0.0827. The van der Waals surface area contributed by atoms with Crippen LogP contribution in [0.4, 0.5) is 9.59 Å². The maximum Gasteiger partial charge on any atom is 0.510 e. The highest BCUT2D eigenvalue weighted by atomic mass is 16.8. The Balaban J connectivity index is 1.59. The van der Waals surface area contributed by atoms with Crippen LogP contribution in [0.3, 0.4) is 0 Å². The van der Waals surface area contributed by atoms with Crippen LogP contribution in [0.15, 0.2) is 0 Å². The molecule has 0 N–H and O–H groups in total. The molecular weight excluding hydrogens is 208 g/mol. The molecule has 2 aliphatic rings. The fraction of sp³-hybridized carbons (Fsp3) is 0.750. The van der Waals surface area contributed by atoms with Crippen LogP contribution < -0.4 is 0 Å². The Morgan fingerprint density at radius 3 is 2.47 bits per heavy atom. The third kappa shape index (κ3) is 2.72. The van der Waals surface area contributed by atoms with Gasteiger partial charge in [-0.05, 0) is 0 Å². The zero-order valence-electron chi connectivity index (χ0n) is 7.84. The molecule has 2 saturated heterocycles. The van der Waals surface area contributed by atoms with Crippen molar-refractivity contribution in [3.05, 3.63) is 0 Å². The van der Waals surface area contributed by atoms with Crippen LogP contribution in [0.5, 0.6) is 0 Å². The van der Waals surface area contributed by atoms with Crippen molar-refractivity contribution in [1.82, 2.24) is 0 Å². The fourth-order valence-electron chi connectivity index (χ4n) is 1.23. The number of carbonyl (C=O) groups excluding carboxylic acids is 2. The highest BCUT2D eigenvalue weighted by Crippen LogP contribution is 2.12. The molecule has 0 bridgehead atoms. The van der Waals surface area contributed by atoms with Gasteiger partial charge in [-0.15, -0.1) is 0 Å². The average Bonchev–Trinajstić information content (AvgIpc) is 2.76. The molecule has 15 heavy (non-hydrogen) atoms. The van der Waals surface area contributed by atoms with Crippen molar-refractivity contribution in [3.8, 4) is 0 Å². The molecule has 84 valence electrons. The molecule has 0 aromatic heterocycles. The molecule has 2 rings (SSSR count). The number of rotatable bonds is 4. The van der Waals surface area contributed by atoms with E-state index in [2.05, 4.69) is 14.2 Å². The number of hydrogen-bond acceptors (Lipinski definition) is 7. The summed E-state index contributed by atoms with van der Waals surface area (Å²) >= 11 is 0. The molecule has 2 unspecified atom stereocenters. The van der Waals surface area contributed by atoms with E-state index in [0.717, 1.165) is 0 Å². The Kier molecular flexibility index (Phi) is 2.91. The van der Waals surface area contributed by atoms with Crippen LogP contribution in [-0.4, -0.2) is 44.5 Å². The lowest BCUT2D eigenvalue weighted by Gasteiger charge is -2.09. The van der Waals surface area contributed by atoms with Crippen molar-refractivity contribution < 1.29 is 33.3 Å². The first-order chi connectivity index (χ1) is 7.24. The van der Waals surface area contributed by atoms with Gasteiger partial charge in [-0.1, -0.05) is 0 Å². The van der Waals surface area contributed by atoms with E-state index >= 15 is 0 Å². The molecule has 2 atom stereocenters. The van der Waals surface area contributed by atoms with Gasteiger partial charge in [0, 0.05) is 6.42 Å². The van der Waals surface area contributed by atoms with Gasteiger partial charge in [0.25, 0.3) is 0 Å². The summed E-state index contributed by atoms with van der Waals surface area (Å²) in [5, 5.41) is 0. The average molecular weight is 218 g/mol. The molecule has 0 aromatic rings. The van der Waals surface area contributed by atoms with Gasteiger partial charge < -0.3 is 23.7 Å². The normalized spacial score (nSPS) is 29.3. The summed E-state index contributed by atoms with van der Waals surface area (Å²) in [6.45, 7) is 0.644. The summed E-state index contributed by atoms with van der Waals surface area (Å²) in [5.41, 5.74) is 0. The first-order valence-electron chi connectivity index (χ1n) is 4.52. The second-order valence-electron chi connectivity index (χ2n) is 3.07. The van der Waals surface area contributed by atoms with Crippen molar-refractivity contribution in [2.75, 3.05) is 19.8 Å². The van der Waals surface area contributed by atoms with E-state index in [1.54, 1.807) is 0 Å². The lowest BCUT2D eigenvalue weighted by atomic mass is 10.3. The number of carbonyl (C=O) groups is 2. The molecule has 0 spiro atoms. The minimum atomic E-state index is -0.726. The van der Waals surface area contributed by atoms with Gasteiger partial charge in [0.2, 0.25) is 6.29 Å². The van der Waals surface area contributed by atoms with Crippen molar-refractivity contribution in [1.29, 1.82) is 0 Å². The molecule has 2 heterocycles. The van der Waals surface area contributed by atoms with Crippen molar-refractivity contribution in [2.45, 2.75) is 18.8 Å². The Labute approximate surface area is 85.2 Å². The van der Waals surface area contributed by atoms with Gasteiger partial charge in [0.15, 0.2) is 6.61 Å². The van der Waals surface area contributed by atoms with Gasteiger partial charge >= 0.3 is 12.3 Å². The smallest absolute Gasteiger partial charge is 0.430 e. The molecule has 7 nitrogen and oxygen atoms in total.